The lowest BCUT2D eigenvalue weighted by Crippen LogP contribution is -2.28. The van der Waals surface area contributed by atoms with Gasteiger partial charge in [0, 0.05) is 12.5 Å². The zero-order valence-electron chi connectivity index (χ0n) is 6.48. The third-order valence-electron chi connectivity index (χ3n) is 1.22. The molecule has 0 aliphatic heterocycles. The van der Waals surface area contributed by atoms with Crippen LogP contribution >= 0.6 is 0 Å². The van der Waals surface area contributed by atoms with Crippen LogP contribution in [0, 0.1) is 5.41 Å². The van der Waals surface area contributed by atoms with Gasteiger partial charge in [-0.15, -0.1) is 0 Å². The minimum Gasteiger partial charge on any atom is -0.314 e. The molecule has 2 N–H and O–H groups in total. The van der Waals surface area contributed by atoms with Gasteiger partial charge in [-0.05, 0) is 13.5 Å². The molecule has 0 rings (SSSR count). The van der Waals surface area contributed by atoms with Crippen LogP contribution in [0.3, 0.4) is 0 Å². The van der Waals surface area contributed by atoms with Crippen molar-refractivity contribution in [1.82, 2.24) is 5.32 Å². The Bertz CT molecular complexity index is 123. The first-order chi connectivity index (χ1) is 4.70. The Morgan fingerprint density at radius 2 is 2.40 bits per heavy atom. The lowest BCUT2D eigenvalue weighted by atomic mass is 10.2. The summed E-state index contributed by atoms with van der Waals surface area (Å²) in [6, 6.07) is 0.239. The molecule has 0 fully saturated rings. The molecular weight excluding hydrogens is 128 g/mol. The number of carbonyl (C=O) groups excluding carboxylic acids is 1. The summed E-state index contributed by atoms with van der Waals surface area (Å²) in [5.74, 6) is 0. The number of rotatable bonds is 5. The van der Waals surface area contributed by atoms with Crippen LogP contribution in [0.2, 0.25) is 0 Å². The van der Waals surface area contributed by atoms with Gasteiger partial charge in [-0.1, -0.05) is 6.92 Å². The zero-order chi connectivity index (χ0) is 7.98. The topological polar surface area (TPSA) is 53.0 Å². The Morgan fingerprint density at radius 1 is 1.80 bits per heavy atom. The normalized spacial score (nSPS) is 12.6. The SMILES string of the molecule is CCNC(C)CC(=N)C=O. The van der Waals surface area contributed by atoms with Crippen molar-refractivity contribution < 1.29 is 4.79 Å². The van der Waals surface area contributed by atoms with Crippen LogP contribution in [0.5, 0.6) is 0 Å². The second kappa shape index (κ2) is 5.11. The fourth-order valence-electron chi connectivity index (χ4n) is 0.799. The summed E-state index contributed by atoms with van der Waals surface area (Å²) < 4.78 is 0. The number of nitrogens with one attached hydrogen (secondary N) is 2. The number of hydrogen-bond acceptors (Lipinski definition) is 3. The molecule has 0 bridgehead atoms. The minimum atomic E-state index is 0.161. The first kappa shape index (κ1) is 9.30. The molecule has 1 atom stereocenters. The van der Waals surface area contributed by atoms with E-state index in [-0.39, 0.29) is 11.8 Å². The number of aldehydes is 1. The van der Waals surface area contributed by atoms with Crippen molar-refractivity contribution in [2.24, 2.45) is 0 Å². The van der Waals surface area contributed by atoms with Gasteiger partial charge >= 0.3 is 0 Å². The Kier molecular flexibility index (Phi) is 4.76. The third-order valence-corrected chi connectivity index (χ3v) is 1.22. The Hall–Kier alpha value is -0.700. The molecule has 0 aliphatic carbocycles. The van der Waals surface area contributed by atoms with Crippen LogP contribution in [0.15, 0.2) is 0 Å². The Morgan fingerprint density at radius 3 is 2.80 bits per heavy atom. The van der Waals surface area contributed by atoms with Gasteiger partial charge in [0.2, 0.25) is 0 Å². The highest BCUT2D eigenvalue weighted by Crippen LogP contribution is 1.89. The smallest absolute Gasteiger partial charge is 0.163 e. The zero-order valence-corrected chi connectivity index (χ0v) is 6.48. The highest BCUT2D eigenvalue weighted by Gasteiger charge is 2.01. The second-order valence-corrected chi connectivity index (χ2v) is 2.31. The van der Waals surface area contributed by atoms with Gasteiger partial charge in [-0.3, -0.25) is 4.79 Å². The first-order valence-corrected chi connectivity index (χ1v) is 3.46. The van der Waals surface area contributed by atoms with Gasteiger partial charge in [-0.2, -0.15) is 0 Å². The molecular formula is C7H14N2O. The van der Waals surface area contributed by atoms with Crippen LogP contribution in [0.4, 0.5) is 0 Å². The van der Waals surface area contributed by atoms with E-state index < -0.39 is 0 Å². The van der Waals surface area contributed by atoms with E-state index in [0.717, 1.165) is 6.54 Å². The van der Waals surface area contributed by atoms with Crippen molar-refractivity contribution in [2.45, 2.75) is 26.3 Å². The lowest BCUT2D eigenvalue weighted by molar-refractivity contribution is -0.102. The van der Waals surface area contributed by atoms with E-state index in [4.69, 9.17) is 5.41 Å². The van der Waals surface area contributed by atoms with Gasteiger partial charge in [0.25, 0.3) is 0 Å². The minimum absolute atomic E-state index is 0.161. The first-order valence-electron chi connectivity index (χ1n) is 3.46. The Labute approximate surface area is 61.3 Å². The summed E-state index contributed by atoms with van der Waals surface area (Å²) in [6.07, 6.45) is 1.12. The van der Waals surface area contributed by atoms with Crippen molar-refractivity contribution in [1.29, 1.82) is 5.41 Å². The van der Waals surface area contributed by atoms with Gasteiger partial charge in [-0.25, -0.2) is 0 Å². The maximum Gasteiger partial charge on any atom is 0.163 e. The van der Waals surface area contributed by atoms with Crippen molar-refractivity contribution >= 4 is 12.0 Å². The van der Waals surface area contributed by atoms with E-state index in [1.54, 1.807) is 0 Å². The fourth-order valence-corrected chi connectivity index (χ4v) is 0.799. The van der Waals surface area contributed by atoms with E-state index >= 15 is 0 Å². The fraction of sp³-hybridized carbons (Fsp3) is 0.714. The molecule has 0 radical (unpaired) electrons. The van der Waals surface area contributed by atoms with E-state index in [1.807, 2.05) is 13.8 Å². The van der Waals surface area contributed by atoms with Crippen LogP contribution in [-0.2, 0) is 4.79 Å². The van der Waals surface area contributed by atoms with Gasteiger partial charge in [0.1, 0.15) is 0 Å². The van der Waals surface area contributed by atoms with Gasteiger partial charge in [0.05, 0.1) is 5.71 Å². The summed E-state index contributed by atoms with van der Waals surface area (Å²) >= 11 is 0. The maximum absolute atomic E-state index is 9.99. The average Bonchev–Trinajstić information content (AvgIpc) is 1.88. The third kappa shape index (κ3) is 4.21. The molecule has 3 heteroatoms. The number of carbonyl (C=O) groups is 1. The predicted molar refractivity (Wildman–Crippen MR) is 41.5 cm³/mol. The Balaban J connectivity index is 3.46. The summed E-state index contributed by atoms with van der Waals surface area (Å²) in [6.45, 7) is 4.84. The van der Waals surface area contributed by atoms with Crippen molar-refractivity contribution in [2.75, 3.05) is 6.54 Å². The van der Waals surface area contributed by atoms with E-state index in [9.17, 15) is 4.79 Å². The molecule has 0 aromatic heterocycles. The van der Waals surface area contributed by atoms with E-state index in [0.29, 0.717) is 12.7 Å². The van der Waals surface area contributed by atoms with Crippen molar-refractivity contribution in [3.8, 4) is 0 Å². The van der Waals surface area contributed by atoms with E-state index in [2.05, 4.69) is 5.32 Å². The summed E-state index contributed by atoms with van der Waals surface area (Å²) in [5.41, 5.74) is 0.161. The van der Waals surface area contributed by atoms with Crippen molar-refractivity contribution in [3.63, 3.8) is 0 Å². The second-order valence-electron chi connectivity index (χ2n) is 2.31. The molecule has 0 saturated heterocycles. The van der Waals surface area contributed by atoms with Gasteiger partial charge in [0.15, 0.2) is 6.29 Å². The summed E-state index contributed by atoms with van der Waals surface area (Å²) in [4.78, 5) is 9.99. The van der Waals surface area contributed by atoms with Crippen LogP contribution in [-0.4, -0.2) is 24.6 Å². The van der Waals surface area contributed by atoms with Crippen LogP contribution in [0.1, 0.15) is 20.3 Å². The predicted octanol–water partition coefficient (Wildman–Crippen LogP) is 0.593. The molecule has 1 unspecified atom stereocenters. The largest absolute Gasteiger partial charge is 0.314 e. The molecule has 0 aliphatic rings. The molecule has 0 amide bonds. The average molecular weight is 142 g/mol. The van der Waals surface area contributed by atoms with Crippen LogP contribution in [0.25, 0.3) is 0 Å². The maximum atomic E-state index is 9.99. The molecule has 10 heavy (non-hydrogen) atoms. The molecule has 58 valence electrons. The molecule has 0 aromatic rings. The molecule has 0 aromatic carbocycles. The highest BCUT2D eigenvalue weighted by atomic mass is 16.1. The van der Waals surface area contributed by atoms with Gasteiger partial charge < -0.3 is 10.7 Å². The van der Waals surface area contributed by atoms with Crippen LogP contribution < -0.4 is 5.32 Å². The van der Waals surface area contributed by atoms with E-state index in [1.165, 1.54) is 0 Å². The summed E-state index contributed by atoms with van der Waals surface area (Å²) in [5, 5.41) is 10.1. The monoisotopic (exact) mass is 142 g/mol. The molecule has 0 heterocycles. The highest BCUT2D eigenvalue weighted by molar-refractivity contribution is 6.26. The molecule has 0 spiro atoms. The summed E-state index contributed by atoms with van der Waals surface area (Å²) in [7, 11) is 0. The molecule has 0 saturated carbocycles. The lowest BCUT2D eigenvalue weighted by Gasteiger charge is -2.09. The standard InChI is InChI=1S/C7H14N2O/c1-3-9-6(2)4-7(8)5-10/h5-6,8-9H,3-4H2,1-2H3. The number of hydrogen-bond donors (Lipinski definition) is 2. The quantitative estimate of drug-likeness (QED) is 0.436. The molecule has 3 nitrogen and oxygen atoms in total. The van der Waals surface area contributed by atoms with Crippen molar-refractivity contribution in [3.05, 3.63) is 0 Å².